The largest absolute Gasteiger partial charge is 0.412 e. The van der Waals surface area contributed by atoms with E-state index in [1.54, 1.807) is 30.7 Å². The maximum atomic E-state index is 13.4. The molecule has 2 aliphatic heterocycles. The van der Waals surface area contributed by atoms with Gasteiger partial charge in [0.1, 0.15) is 0 Å². The van der Waals surface area contributed by atoms with E-state index < -0.39 is 11.7 Å². The highest BCUT2D eigenvalue weighted by molar-refractivity contribution is 6.38. The standard InChI is InChI=1S/C26H28Cl2F3N3O2/c1-14-9-18(26(29,30)31)10-20-15(2)32-34(24(14)20)11-21-22(27)4-3-19(23(21)28)25(35)33-7-5-16(6-8-33)17-12-36-13-17/h3-4,10,14,16-17H,5-9,11-13H2,1-2H3. The third-order valence-corrected chi connectivity index (χ3v) is 8.56. The SMILES string of the molecule is Cc1nn(Cc2c(Cl)ccc(C(=O)N3CCC(C4COC4)CC3)c2Cl)c2c1C=C(C(F)(F)F)CC2C. The Hall–Kier alpha value is -2.03. The first kappa shape index (κ1) is 25.6. The van der Waals surface area contributed by atoms with Crippen molar-refractivity contribution in [1.29, 1.82) is 0 Å². The number of hydrogen-bond donors (Lipinski definition) is 0. The van der Waals surface area contributed by atoms with E-state index >= 15 is 0 Å². The van der Waals surface area contributed by atoms with Gasteiger partial charge >= 0.3 is 6.18 Å². The number of hydrogen-bond acceptors (Lipinski definition) is 3. The van der Waals surface area contributed by atoms with Crippen molar-refractivity contribution in [1.82, 2.24) is 14.7 Å². The fourth-order valence-corrected chi connectivity index (χ4v) is 6.19. The second-order valence-corrected chi connectivity index (χ2v) is 10.9. The third kappa shape index (κ3) is 4.68. The summed E-state index contributed by atoms with van der Waals surface area (Å²) in [6.07, 6.45) is -1.41. The number of likely N-dealkylation sites (tertiary alicyclic amines) is 1. The molecule has 3 aliphatic rings. The summed E-state index contributed by atoms with van der Waals surface area (Å²) in [5.41, 5.74) is 2.08. The number of aryl methyl sites for hydroxylation is 1. The second-order valence-electron chi connectivity index (χ2n) is 10.1. The van der Waals surface area contributed by atoms with E-state index in [1.807, 2.05) is 4.90 Å². The van der Waals surface area contributed by atoms with Crippen molar-refractivity contribution in [3.05, 3.63) is 55.8 Å². The van der Waals surface area contributed by atoms with Gasteiger partial charge in [0.15, 0.2) is 0 Å². The van der Waals surface area contributed by atoms with Crippen LogP contribution >= 0.6 is 23.2 Å². The van der Waals surface area contributed by atoms with Crippen molar-refractivity contribution < 1.29 is 22.7 Å². The molecule has 2 fully saturated rings. The molecule has 2 saturated heterocycles. The first-order chi connectivity index (χ1) is 17.0. The zero-order chi connectivity index (χ0) is 25.8. The van der Waals surface area contributed by atoms with Crippen LogP contribution in [0, 0.1) is 18.8 Å². The van der Waals surface area contributed by atoms with Crippen LogP contribution < -0.4 is 0 Å². The van der Waals surface area contributed by atoms with Crippen molar-refractivity contribution in [2.24, 2.45) is 11.8 Å². The first-order valence-corrected chi connectivity index (χ1v) is 13.0. The molecule has 0 saturated carbocycles. The van der Waals surface area contributed by atoms with Gasteiger partial charge in [0.2, 0.25) is 0 Å². The van der Waals surface area contributed by atoms with Crippen molar-refractivity contribution >= 4 is 35.2 Å². The van der Waals surface area contributed by atoms with Crippen LogP contribution in [0.1, 0.15) is 65.0 Å². The van der Waals surface area contributed by atoms with E-state index in [4.69, 9.17) is 27.9 Å². The fraction of sp³-hybridized carbons (Fsp3) is 0.538. The molecule has 0 N–H and O–H groups in total. The maximum Gasteiger partial charge on any atom is 0.412 e. The number of amides is 1. The van der Waals surface area contributed by atoms with Crippen molar-refractivity contribution in [2.75, 3.05) is 26.3 Å². The number of rotatable bonds is 4. The number of carbonyl (C=O) groups is 1. The number of alkyl halides is 3. The number of allylic oxidation sites excluding steroid dienone is 1. The Kier molecular flexibility index (Phi) is 6.89. The van der Waals surface area contributed by atoms with Gasteiger partial charge in [-0.15, -0.1) is 0 Å². The molecule has 1 aromatic carbocycles. The van der Waals surface area contributed by atoms with Gasteiger partial charge in [-0.25, -0.2) is 0 Å². The summed E-state index contributed by atoms with van der Waals surface area (Å²) in [6.45, 7) is 6.59. The number of carbonyl (C=O) groups excluding carboxylic acids is 1. The summed E-state index contributed by atoms with van der Waals surface area (Å²) >= 11 is 13.3. The number of ether oxygens (including phenoxy) is 1. The quantitative estimate of drug-likeness (QED) is 0.444. The van der Waals surface area contributed by atoms with Gasteiger partial charge in [0.05, 0.1) is 36.0 Å². The summed E-state index contributed by atoms with van der Waals surface area (Å²) in [5, 5.41) is 5.17. The van der Waals surface area contributed by atoms with E-state index in [-0.39, 0.29) is 29.8 Å². The zero-order valence-corrected chi connectivity index (χ0v) is 21.7. The number of benzene rings is 1. The zero-order valence-electron chi connectivity index (χ0n) is 20.2. The molecule has 1 aliphatic carbocycles. The van der Waals surface area contributed by atoms with Gasteiger partial charge in [0.25, 0.3) is 5.91 Å². The van der Waals surface area contributed by atoms with Gasteiger partial charge in [-0.05, 0) is 50.3 Å². The molecule has 0 spiro atoms. The average molecular weight is 542 g/mol. The molecule has 1 aromatic heterocycles. The van der Waals surface area contributed by atoms with Crippen LogP contribution in [-0.2, 0) is 11.3 Å². The minimum Gasteiger partial charge on any atom is -0.381 e. The summed E-state index contributed by atoms with van der Waals surface area (Å²) in [6, 6.07) is 3.30. The van der Waals surface area contributed by atoms with Crippen LogP contribution in [0.15, 0.2) is 17.7 Å². The lowest BCUT2D eigenvalue weighted by Gasteiger charge is -2.39. The van der Waals surface area contributed by atoms with E-state index in [9.17, 15) is 18.0 Å². The molecule has 0 radical (unpaired) electrons. The summed E-state index contributed by atoms with van der Waals surface area (Å²) in [5.74, 6) is 0.668. The van der Waals surface area contributed by atoms with Gasteiger partial charge in [-0.2, -0.15) is 18.3 Å². The normalized spacial score (nSPS) is 21.2. The minimum atomic E-state index is -4.37. The molecular formula is C26H28Cl2F3N3O2. The Morgan fingerprint density at radius 3 is 2.47 bits per heavy atom. The maximum absolute atomic E-state index is 13.4. The van der Waals surface area contributed by atoms with E-state index in [0.717, 1.165) is 26.1 Å². The van der Waals surface area contributed by atoms with Crippen LogP contribution in [-0.4, -0.2) is 53.1 Å². The van der Waals surface area contributed by atoms with Crippen molar-refractivity contribution in [3.8, 4) is 0 Å². The molecule has 194 valence electrons. The highest BCUT2D eigenvalue weighted by Crippen LogP contribution is 2.42. The molecule has 5 nitrogen and oxygen atoms in total. The summed E-state index contributed by atoms with van der Waals surface area (Å²) in [7, 11) is 0. The smallest absolute Gasteiger partial charge is 0.381 e. The number of halogens is 5. The summed E-state index contributed by atoms with van der Waals surface area (Å²) in [4.78, 5) is 15.2. The predicted octanol–water partition coefficient (Wildman–Crippen LogP) is 6.50. The Balaban J connectivity index is 1.40. The third-order valence-electron chi connectivity index (χ3n) is 7.77. The van der Waals surface area contributed by atoms with Crippen molar-refractivity contribution in [3.63, 3.8) is 0 Å². The molecule has 36 heavy (non-hydrogen) atoms. The molecule has 5 rings (SSSR count). The van der Waals surface area contributed by atoms with Gasteiger partial charge in [0, 0.05) is 52.3 Å². The minimum absolute atomic E-state index is 0.120. The first-order valence-electron chi connectivity index (χ1n) is 12.2. The van der Waals surface area contributed by atoms with Gasteiger partial charge in [-0.1, -0.05) is 30.1 Å². The van der Waals surface area contributed by atoms with Crippen LogP contribution in [0.25, 0.3) is 6.08 Å². The molecular weight excluding hydrogens is 514 g/mol. The van der Waals surface area contributed by atoms with Crippen LogP contribution in [0.2, 0.25) is 10.0 Å². The Labute approximate surface area is 218 Å². The molecule has 3 heterocycles. The number of nitrogens with zero attached hydrogens (tertiary/aromatic N) is 3. The van der Waals surface area contributed by atoms with Gasteiger partial charge < -0.3 is 9.64 Å². The fourth-order valence-electron chi connectivity index (χ4n) is 5.62. The lowest BCUT2D eigenvalue weighted by atomic mass is 9.83. The van der Waals surface area contributed by atoms with Crippen LogP contribution in [0.3, 0.4) is 0 Å². The molecule has 1 amide bonds. The highest BCUT2D eigenvalue weighted by Gasteiger charge is 2.39. The Bertz CT molecular complexity index is 1210. The Morgan fingerprint density at radius 1 is 1.17 bits per heavy atom. The van der Waals surface area contributed by atoms with E-state index in [0.29, 0.717) is 58.0 Å². The molecule has 1 unspecified atom stereocenters. The predicted molar refractivity (Wildman–Crippen MR) is 133 cm³/mol. The lowest BCUT2D eigenvalue weighted by Crippen LogP contribution is -2.44. The summed E-state index contributed by atoms with van der Waals surface area (Å²) < 4.78 is 47.1. The lowest BCUT2D eigenvalue weighted by molar-refractivity contribution is -0.0937. The van der Waals surface area contributed by atoms with Crippen LogP contribution in [0.5, 0.6) is 0 Å². The molecule has 10 heteroatoms. The topological polar surface area (TPSA) is 47.4 Å². The number of fused-ring (bicyclic) bond motifs is 1. The molecule has 0 bridgehead atoms. The van der Waals surface area contributed by atoms with E-state index in [2.05, 4.69) is 5.10 Å². The van der Waals surface area contributed by atoms with E-state index in [1.165, 1.54) is 6.08 Å². The monoisotopic (exact) mass is 541 g/mol. The van der Waals surface area contributed by atoms with Crippen molar-refractivity contribution in [2.45, 2.75) is 51.7 Å². The van der Waals surface area contributed by atoms with Gasteiger partial charge in [-0.3, -0.25) is 9.48 Å². The second kappa shape index (κ2) is 9.69. The molecule has 2 aromatic rings. The number of piperidine rings is 1. The van der Waals surface area contributed by atoms with Crippen LogP contribution in [0.4, 0.5) is 13.2 Å². The number of aromatic nitrogens is 2. The molecule has 1 atom stereocenters. The average Bonchev–Trinajstić information content (AvgIpc) is 3.11. The Morgan fingerprint density at radius 2 is 1.86 bits per heavy atom. The highest BCUT2D eigenvalue weighted by atomic mass is 35.5.